The minimum Gasteiger partial charge on any atom is -0.311 e. The molecule has 0 saturated heterocycles. The molecule has 4 heterocycles. The number of fused-ring (bicyclic) bond motifs is 10. The third kappa shape index (κ3) is 6.76. The van der Waals surface area contributed by atoms with Gasteiger partial charge in [0.05, 0.1) is 22.1 Å². The van der Waals surface area contributed by atoms with Crippen molar-refractivity contribution in [3.8, 4) is 11.4 Å². The molecule has 13 aromatic rings. The summed E-state index contributed by atoms with van der Waals surface area (Å²) < 4.78 is 5.08. The van der Waals surface area contributed by atoms with Gasteiger partial charge in [0.1, 0.15) is 0 Å². The van der Waals surface area contributed by atoms with Gasteiger partial charge in [0.15, 0.2) is 16.1 Å². The van der Waals surface area contributed by atoms with E-state index in [1.807, 2.05) is 0 Å². The number of nitrogens with zero attached hydrogens (tertiary/aromatic N) is 3. The van der Waals surface area contributed by atoms with Crippen LogP contribution in [0.3, 0.4) is 0 Å². The largest absolute Gasteiger partial charge is 0.311 e. The molecule has 2 aliphatic heterocycles. The molecule has 79 heavy (non-hydrogen) atoms. The van der Waals surface area contributed by atoms with Crippen LogP contribution in [0.15, 0.2) is 261 Å². The average Bonchev–Trinajstić information content (AvgIpc) is 2.84. The second kappa shape index (κ2) is 17.4. The molecule has 0 bridgehead atoms. The van der Waals surface area contributed by atoms with Gasteiger partial charge in [-0.1, -0.05) is 248 Å². The molecule has 1 unspecified atom stereocenters. The van der Waals surface area contributed by atoms with Crippen molar-refractivity contribution in [3.05, 3.63) is 272 Å². The highest BCUT2D eigenvalue weighted by Crippen LogP contribution is 2.44. The summed E-state index contributed by atoms with van der Waals surface area (Å²) in [5, 5.41) is 16.2. The predicted octanol–water partition coefficient (Wildman–Crippen LogP) is 13.3. The summed E-state index contributed by atoms with van der Waals surface area (Å²) in [6.07, 6.45) is 0. The maximum atomic E-state index is 2.72. The van der Waals surface area contributed by atoms with Crippen LogP contribution in [0, 0.1) is 0 Å². The smallest absolute Gasteiger partial charge is 0.184 e. The summed E-state index contributed by atoms with van der Waals surface area (Å²) in [6.45, 7) is 14.0. The van der Waals surface area contributed by atoms with Crippen molar-refractivity contribution in [2.45, 2.75) is 52.4 Å². The van der Waals surface area contributed by atoms with E-state index < -0.39 is 16.1 Å². The third-order valence-electron chi connectivity index (χ3n) is 17.7. The molecule has 11 aromatic carbocycles. The van der Waals surface area contributed by atoms with Crippen molar-refractivity contribution < 1.29 is 0 Å². The number of hydrogen-bond donors (Lipinski definition) is 0. The Balaban J connectivity index is 1.08. The van der Waals surface area contributed by atoms with Gasteiger partial charge in [0, 0.05) is 50.0 Å². The summed E-state index contributed by atoms with van der Waals surface area (Å²) in [5.74, 6) is 0. The zero-order valence-electron chi connectivity index (χ0n) is 45.7. The van der Waals surface area contributed by atoms with Gasteiger partial charge in [0.25, 0.3) is 0 Å². The molecular weight excluding hydrogens is 987 g/mol. The summed E-state index contributed by atoms with van der Waals surface area (Å²) >= 11 is 0. The van der Waals surface area contributed by atoms with Gasteiger partial charge in [-0.05, 0) is 118 Å². The Labute approximate surface area is 465 Å². The van der Waals surface area contributed by atoms with Crippen LogP contribution in [-0.2, 0) is 10.8 Å². The van der Waals surface area contributed by atoms with E-state index in [2.05, 4.69) is 316 Å². The predicted molar refractivity (Wildman–Crippen MR) is 342 cm³/mol. The second-order valence-electron chi connectivity index (χ2n) is 24.1. The standard InChI is InChI=1S/C74H61N3Si2/c1-73(2,3)50-40-43-60-61-44-41-51(74(4,5)6)47-66(61)76(65(60)46-50)53-42-45-69-67(49-53)77-64-36-20-21-37-68(64)79(56-29-14-9-15-30-56,57-31-22-24-52(48-57)75-62-34-18-16-32-58(62)59-33-17-19-35-63(59)75)71-39-23-38-70(72(71)77)78(69,54-25-10-7-11-26-54)55-27-12-8-13-28-55/h7-49H,1-6H3. The fourth-order valence-electron chi connectivity index (χ4n) is 14.1. The average molecular weight is 1050 g/mol. The number of anilines is 3. The lowest BCUT2D eigenvalue weighted by atomic mass is 9.86. The Morgan fingerprint density at radius 2 is 0.684 bits per heavy atom. The lowest BCUT2D eigenvalue weighted by Crippen LogP contribution is -2.82. The van der Waals surface area contributed by atoms with Gasteiger partial charge in [0.2, 0.25) is 0 Å². The maximum Gasteiger partial charge on any atom is 0.184 e. The summed E-state index contributed by atoms with van der Waals surface area (Å²) in [6, 6.07) is 101. The van der Waals surface area contributed by atoms with Crippen LogP contribution in [-0.4, -0.2) is 25.3 Å². The van der Waals surface area contributed by atoms with E-state index >= 15 is 0 Å². The van der Waals surface area contributed by atoms with Crippen molar-refractivity contribution in [1.29, 1.82) is 0 Å². The fourth-order valence-corrected chi connectivity index (χ4v) is 24.5. The van der Waals surface area contributed by atoms with Gasteiger partial charge in [-0.25, -0.2) is 0 Å². The molecule has 0 aliphatic carbocycles. The maximum absolute atomic E-state index is 3.22. The van der Waals surface area contributed by atoms with Crippen molar-refractivity contribution >= 4 is 118 Å². The number of hydrogen-bond acceptors (Lipinski definition) is 1. The summed E-state index contributed by atoms with van der Waals surface area (Å²) in [5.41, 5.74) is 13.6. The Hall–Kier alpha value is -8.75. The number of aromatic nitrogens is 2. The first-order valence-corrected chi connectivity index (χ1v) is 32.0. The van der Waals surface area contributed by atoms with Crippen LogP contribution in [0.2, 0.25) is 0 Å². The molecule has 5 heteroatoms. The minimum atomic E-state index is -3.22. The van der Waals surface area contributed by atoms with E-state index in [-0.39, 0.29) is 10.8 Å². The number of rotatable bonds is 6. The van der Waals surface area contributed by atoms with E-state index in [0.29, 0.717) is 0 Å². The lowest BCUT2D eigenvalue weighted by Gasteiger charge is -2.52. The monoisotopic (exact) mass is 1050 g/mol. The molecule has 3 nitrogen and oxygen atoms in total. The molecule has 380 valence electrons. The molecule has 0 radical (unpaired) electrons. The van der Waals surface area contributed by atoms with Crippen LogP contribution >= 0.6 is 0 Å². The lowest BCUT2D eigenvalue weighted by molar-refractivity contribution is 0.591. The molecule has 0 fully saturated rings. The topological polar surface area (TPSA) is 13.1 Å². The van der Waals surface area contributed by atoms with Crippen molar-refractivity contribution in [2.24, 2.45) is 0 Å². The third-order valence-corrected chi connectivity index (χ3v) is 27.4. The Kier molecular flexibility index (Phi) is 10.4. The van der Waals surface area contributed by atoms with Gasteiger partial charge >= 0.3 is 0 Å². The normalized spacial score (nSPS) is 15.6. The zero-order chi connectivity index (χ0) is 53.4. The molecule has 0 N–H and O–H groups in total. The SMILES string of the molecule is CC(C)(C)c1ccc2c3ccc(C(C)(C)C)cc3n(-c3ccc4c(c3)N3c5ccccc5[Si](c5ccccc5)(c5cccc(-n6c7ccccc7c7ccccc76)c5)c5cccc(c53)[Si]4(c3ccccc3)c3ccccc3)c2c1. The molecular formula is C74H61N3Si2. The quantitative estimate of drug-likeness (QED) is 0.151. The highest BCUT2D eigenvalue weighted by Gasteiger charge is 2.56. The van der Waals surface area contributed by atoms with Crippen molar-refractivity contribution in [3.63, 3.8) is 0 Å². The minimum absolute atomic E-state index is 0.0335. The molecule has 0 saturated carbocycles. The Morgan fingerprint density at radius 3 is 1.23 bits per heavy atom. The summed E-state index contributed by atoms with van der Waals surface area (Å²) in [7, 11) is -6.37. The van der Waals surface area contributed by atoms with E-state index in [0.717, 1.165) is 5.69 Å². The van der Waals surface area contributed by atoms with Crippen LogP contribution in [0.1, 0.15) is 52.7 Å². The highest BCUT2D eigenvalue weighted by atomic mass is 28.3. The van der Waals surface area contributed by atoms with Gasteiger partial charge in [-0.3, -0.25) is 0 Å². The van der Waals surface area contributed by atoms with Crippen LogP contribution in [0.4, 0.5) is 17.1 Å². The molecule has 0 spiro atoms. The first kappa shape index (κ1) is 47.5. The molecule has 0 amide bonds. The number of para-hydroxylation sites is 4. The zero-order valence-corrected chi connectivity index (χ0v) is 47.7. The van der Waals surface area contributed by atoms with E-state index in [9.17, 15) is 0 Å². The van der Waals surface area contributed by atoms with E-state index in [1.54, 1.807) is 0 Å². The van der Waals surface area contributed by atoms with Crippen LogP contribution < -0.4 is 46.4 Å². The first-order chi connectivity index (χ1) is 38.5. The Morgan fingerprint density at radius 1 is 0.278 bits per heavy atom. The van der Waals surface area contributed by atoms with Crippen LogP contribution in [0.25, 0.3) is 55.0 Å². The van der Waals surface area contributed by atoms with E-state index in [1.165, 1.54) is 119 Å². The van der Waals surface area contributed by atoms with E-state index in [4.69, 9.17) is 0 Å². The molecule has 2 aromatic heterocycles. The molecule has 15 rings (SSSR count). The number of benzene rings is 11. The first-order valence-electron chi connectivity index (χ1n) is 28.0. The molecule has 1 atom stereocenters. The molecule has 2 aliphatic rings. The van der Waals surface area contributed by atoms with Crippen molar-refractivity contribution in [1.82, 2.24) is 9.13 Å². The van der Waals surface area contributed by atoms with Crippen LogP contribution in [0.5, 0.6) is 0 Å². The second-order valence-corrected chi connectivity index (χ2v) is 31.5. The summed E-state index contributed by atoms with van der Waals surface area (Å²) in [4.78, 5) is 2.72. The Bertz CT molecular complexity index is 4410. The highest BCUT2D eigenvalue weighted by molar-refractivity contribution is 7.24. The van der Waals surface area contributed by atoms with Gasteiger partial charge in [-0.2, -0.15) is 0 Å². The van der Waals surface area contributed by atoms with Gasteiger partial charge in [-0.15, -0.1) is 0 Å². The van der Waals surface area contributed by atoms with Gasteiger partial charge < -0.3 is 14.0 Å². The van der Waals surface area contributed by atoms with Crippen molar-refractivity contribution in [2.75, 3.05) is 4.90 Å². The fraction of sp³-hybridized carbons (Fsp3) is 0.108.